The third-order valence-electron chi connectivity index (χ3n) is 5.69. The van der Waals surface area contributed by atoms with E-state index in [1.165, 1.54) is 0 Å². The number of carbonyl (C=O) groups is 1. The lowest BCUT2D eigenvalue weighted by Gasteiger charge is -2.17. The Morgan fingerprint density at radius 1 is 0.966 bits per heavy atom. The normalized spacial score (nSPS) is 11.0. The number of carboxylic acids is 1. The molecule has 0 fully saturated rings. The van der Waals surface area contributed by atoms with E-state index in [0.29, 0.717) is 11.5 Å². The van der Waals surface area contributed by atoms with Crippen LogP contribution in [0.5, 0.6) is 5.75 Å². The minimum atomic E-state index is -0.910. The molecule has 0 bridgehead atoms. The van der Waals surface area contributed by atoms with Crippen molar-refractivity contribution >= 4 is 22.3 Å². The molecule has 150 valence electrons. The number of methoxy groups -OCH3 is 1. The van der Waals surface area contributed by atoms with Crippen molar-refractivity contribution in [2.45, 2.75) is 33.1 Å². The lowest BCUT2D eigenvalue weighted by atomic mass is 9.90. The van der Waals surface area contributed by atoms with Gasteiger partial charge in [-0.2, -0.15) is 0 Å². The molecule has 0 unspecified atom stereocenters. The van der Waals surface area contributed by atoms with Crippen LogP contribution in [0, 0.1) is 5.92 Å². The molecule has 3 aromatic rings. The van der Waals surface area contributed by atoms with Crippen LogP contribution in [0.1, 0.15) is 49.0 Å². The molecular formula is C26H28O3. The largest absolute Gasteiger partial charge is 0.496 e. The number of hydrogen-bond donors (Lipinski definition) is 1. The molecule has 0 heterocycles. The van der Waals surface area contributed by atoms with Gasteiger partial charge in [0.25, 0.3) is 0 Å². The van der Waals surface area contributed by atoms with Gasteiger partial charge >= 0.3 is 5.97 Å². The molecule has 0 saturated carbocycles. The van der Waals surface area contributed by atoms with E-state index in [1.54, 1.807) is 19.2 Å². The molecule has 0 aliphatic rings. The fraction of sp³-hybridized carbons (Fsp3) is 0.269. The van der Waals surface area contributed by atoms with E-state index in [2.05, 4.69) is 38.6 Å². The Hall–Kier alpha value is -3.07. The van der Waals surface area contributed by atoms with E-state index in [-0.39, 0.29) is 0 Å². The molecule has 3 nitrogen and oxygen atoms in total. The van der Waals surface area contributed by atoms with Crippen LogP contribution in [0.15, 0.2) is 61.2 Å². The number of allylic oxidation sites excluding steroid dienone is 1. The van der Waals surface area contributed by atoms with Crippen LogP contribution in [-0.2, 0) is 0 Å². The first-order valence-electron chi connectivity index (χ1n) is 10.1. The van der Waals surface area contributed by atoms with Crippen LogP contribution in [-0.4, -0.2) is 18.2 Å². The van der Waals surface area contributed by atoms with Crippen LogP contribution < -0.4 is 4.74 Å². The van der Waals surface area contributed by atoms with E-state index < -0.39 is 5.97 Å². The summed E-state index contributed by atoms with van der Waals surface area (Å²) in [5, 5.41) is 11.1. The highest BCUT2D eigenvalue weighted by Crippen LogP contribution is 2.35. The molecule has 0 aliphatic heterocycles. The fourth-order valence-electron chi connectivity index (χ4n) is 3.76. The summed E-state index contributed by atoms with van der Waals surface area (Å²) in [6.07, 6.45) is 3.24. The maximum Gasteiger partial charge on any atom is 0.335 e. The second kappa shape index (κ2) is 8.95. The lowest BCUT2D eigenvalue weighted by Crippen LogP contribution is -2.00. The van der Waals surface area contributed by atoms with E-state index in [9.17, 15) is 9.90 Å². The third kappa shape index (κ3) is 4.51. The van der Waals surface area contributed by atoms with E-state index in [0.717, 1.165) is 58.0 Å². The summed E-state index contributed by atoms with van der Waals surface area (Å²) >= 11 is 0. The van der Waals surface area contributed by atoms with Crippen LogP contribution in [0.4, 0.5) is 0 Å². The van der Waals surface area contributed by atoms with Gasteiger partial charge in [-0.3, -0.25) is 0 Å². The van der Waals surface area contributed by atoms with Crippen molar-refractivity contribution < 1.29 is 14.6 Å². The molecule has 29 heavy (non-hydrogen) atoms. The molecule has 0 atom stereocenters. The number of aromatic carboxylic acids is 1. The predicted octanol–water partition coefficient (Wildman–Crippen LogP) is 7.05. The molecule has 0 radical (unpaired) electrons. The minimum Gasteiger partial charge on any atom is -0.496 e. The quantitative estimate of drug-likeness (QED) is 0.449. The monoisotopic (exact) mass is 388 g/mol. The van der Waals surface area contributed by atoms with Crippen molar-refractivity contribution in [1.29, 1.82) is 0 Å². The maximum atomic E-state index is 11.2. The summed E-state index contributed by atoms with van der Waals surface area (Å²) in [5.74, 6) is 0.559. The van der Waals surface area contributed by atoms with Crippen molar-refractivity contribution in [2.75, 3.05) is 7.11 Å². The van der Waals surface area contributed by atoms with Gasteiger partial charge in [0.05, 0.1) is 12.7 Å². The molecule has 0 amide bonds. The van der Waals surface area contributed by atoms with Crippen molar-refractivity contribution in [3.63, 3.8) is 0 Å². The number of benzene rings is 3. The number of hydrogen-bond acceptors (Lipinski definition) is 2. The first kappa shape index (κ1) is 20.7. The molecule has 0 saturated heterocycles. The highest BCUT2D eigenvalue weighted by molar-refractivity contribution is 5.95. The zero-order chi connectivity index (χ0) is 21.0. The summed E-state index contributed by atoms with van der Waals surface area (Å²) in [7, 11) is 1.69. The van der Waals surface area contributed by atoms with E-state index in [1.807, 2.05) is 24.3 Å². The Kier molecular flexibility index (Phi) is 6.38. The first-order valence-corrected chi connectivity index (χ1v) is 10.1. The third-order valence-corrected chi connectivity index (χ3v) is 5.69. The topological polar surface area (TPSA) is 46.5 Å². The van der Waals surface area contributed by atoms with Crippen molar-refractivity contribution in [1.82, 2.24) is 0 Å². The van der Waals surface area contributed by atoms with Crippen molar-refractivity contribution in [3.8, 4) is 16.9 Å². The van der Waals surface area contributed by atoms with Gasteiger partial charge in [0, 0.05) is 5.56 Å². The SMILES string of the molecule is C=C(CC(CC)CC)c1cc(-c2ccc3cc(C(=O)O)ccc3c2)ccc1OC. The fourth-order valence-corrected chi connectivity index (χ4v) is 3.76. The molecule has 0 aliphatic carbocycles. The van der Waals surface area contributed by atoms with Gasteiger partial charge in [-0.1, -0.05) is 57.5 Å². The Balaban J connectivity index is 1.99. The highest BCUT2D eigenvalue weighted by Gasteiger charge is 2.13. The summed E-state index contributed by atoms with van der Waals surface area (Å²) in [5.41, 5.74) is 4.63. The Labute approximate surface area is 172 Å². The smallest absolute Gasteiger partial charge is 0.335 e. The lowest BCUT2D eigenvalue weighted by molar-refractivity contribution is 0.0697. The van der Waals surface area contributed by atoms with Crippen LogP contribution >= 0.6 is 0 Å². The van der Waals surface area contributed by atoms with E-state index >= 15 is 0 Å². The van der Waals surface area contributed by atoms with Crippen molar-refractivity contribution in [3.05, 3.63) is 72.3 Å². The number of fused-ring (bicyclic) bond motifs is 1. The Morgan fingerprint density at radius 3 is 2.24 bits per heavy atom. The standard InChI is InChI=1S/C26H28O3/c1-5-18(6-2)13-17(3)24-16-22(11-12-25(24)29-4)20-7-8-21-15-23(26(27)28)10-9-19(21)14-20/h7-12,14-16,18H,3,5-6,13H2,1-2,4H3,(H,27,28). The molecule has 3 heteroatoms. The van der Waals surface area contributed by atoms with Gasteiger partial charge in [-0.15, -0.1) is 0 Å². The van der Waals surface area contributed by atoms with Gasteiger partial charge < -0.3 is 9.84 Å². The molecule has 0 aromatic heterocycles. The van der Waals surface area contributed by atoms with Gasteiger partial charge in [0.15, 0.2) is 0 Å². The number of rotatable bonds is 8. The average molecular weight is 389 g/mol. The van der Waals surface area contributed by atoms with Crippen molar-refractivity contribution in [2.24, 2.45) is 5.92 Å². The molecule has 3 aromatic carbocycles. The summed E-state index contributed by atoms with van der Waals surface area (Å²) in [4.78, 5) is 11.2. The van der Waals surface area contributed by atoms with Crippen LogP contribution in [0.3, 0.4) is 0 Å². The van der Waals surface area contributed by atoms with E-state index in [4.69, 9.17) is 4.74 Å². The van der Waals surface area contributed by atoms with Crippen LogP contribution in [0.2, 0.25) is 0 Å². The first-order chi connectivity index (χ1) is 14.0. The molecule has 3 rings (SSSR count). The van der Waals surface area contributed by atoms with Gasteiger partial charge in [0.2, 0.25) is 0 Å². The summed E-state index contributed by atoms with van der Waals surface area (Å²) < 4.78 is 5.60. The molecular weight excluding hydrogens is 360 g/mol. The maximum absolute atomic E-state index is 11.2. The van der Waals surface area contributed by atoms with Gasteiger partial charge in [0.1, 0.15) is 5.75 Å². The Bertz CT molecular complexity index is 1050. The number of carboxylic acid groups (broad SMARTS) is 1. The molecule has 0 spiro atoms. The second-order valence-electron chi connectivity index (χ2n) is 7.49. The summed E-state index contributed by atoms with van der Waals surface area (Å²) in [6.45, 7) is 8.79. The predicted molar refractivity (Wildman–Crippen MR) is 121 cm³/mol. The zero-order valence-electron chi connectivity index (χ0n) is 17.4. The van der Waals surface area contributed by atoms with Gasteiger partial charge in [-0.05, 0) is 70.1 Å². The van der Waals surface area contributed by atoms with Crippen LogP contribution in [0.25, 0.3) is 27.5 Å². The minimum absolute atomic E-state index is 0.301. The highest BCUT2D eigenvalue weighted by atomic mass is 16.5. The van der Waals surface area contributed by atoms with Gasteiger partial charge in [-0.25, -0.2) is 4.79 Å². The second-order valence-corrected chi connectivity index (χ2v) is 7.49. The summed E-state index contributed by atoms with van der Waals surface area (Å²) in [6, 6.07) is 17.5. The Morgan fingerprint density at radius 2 is 1.59 bits per heavy atom. The molecule has 1 N–H and O–H groups in total. The number of ether oxygens (including phenoxy) is 1. The zero-order valence-corrected chi connectivity index (χ0v) is 17.4. The average Bonchev–Trinajstić information content (AvgIpc) is 2.75.